The molecule has 0 spiro atoms. The molecule has 0 aliphatic carbocycles. The van der Waals surface area contributed by atoms with Gasteiger partial charge in [-0.05, 0) is 25.5 Å². The number of pyridine rings is 1. The highest BCUT2D eigenvalue weighted by molar-refractivity contribution is 9.09. The molecular formula is C17H15BrN2O. The van der Waals surface area contributed by atoms with Crippen molar-refractivity contribution < 1.29 is 0 Å². The molecule has 2 heterocycles. The second kappa shape index (κ2) is 5.45. The highest BCUT2D eigenvalue weighted by atomic mass is 79.9. The summed E-state index contributed by atoms with van der Waals surface area (Å²) in [5.41, 5.74) is 4.36. The van der Waals surface area contributed by atoms with E-state index < -0.39 is 0 Å². The molecule has 0 radical (unpaired) electrons. The summed E-state index contributed by atoms with van der Waals surface area (Å²) in [6, 6.07) is 13.4. The number of rotatable bonds is 2. The molecule has 0 amide bonds. The maximum atomic E-state index is 12.4. The Kier molecular flexibility index (Phi) is 3.64. The van der Waals surface area contributed by atoms with E-state index in [2.05, 4.69) is 22.0 Å². The van der Waals surface area contributed by atoms with E-state index in [1.165, 1.54) is 0 Å². The predicted molar refractivity (Wildman–Crippen MR) is 89.0 cm³/mol. The Bertz CT molecular complexity index is 854. The van der Waals surface area contributed by atoms with Crippen LogP contribution < -0.4 is 5.56 Å². The highest BCUT2D eigenvalue weighted by Crippen LogP contribution is 2.26. The van der Waals surface area contributed by atoms with Crippen LogP contribution in [0.1, 0.15) is 22.9 Å². The molecule has 3 rings (SSSR count). The van der Waals surface area contributed by atoms with Gasteiger partial charge < -0.3 is 0 Å². The summed E-state index contributed by atoms with van der Waals surface area (Å²) in [5.74, 6) is 0. The Morgan fingerprint density at radius 2 is 1.90 bits per heavy atom. The molecule has 4 heteroatoms. The molecule has 1 unspecified atom stereocenters. The Labute approximate surface area is 131 Å². The molecule has 0 N–H and O–H groups in total. The van der Waals surface area contributed by atoms with Crippen LogP contribution in [-0.2, 0) is 0 Å². The molecule has 1 atom stereocenters. The van der Waals surface area contributed by atoms with E-state index >= 15 is 0 Å². The molecule has 106 valence electrons. The lowest BCUT2D eigenvalue weighted by Gasteiger charge is -2.12. The van der Waals surface area contributed by atoms with E-state index in [1.807, 2.05) is 50.4 Å². The predicted octanol–water partition coefficient (Wildman–Crippen LogP) is 4.13. The van der Waals surface area contributed by atoms with E-state index in [1.54, 1.807) is 10.5 Å². The smallest absolute Gasteiger partial charge is 0.258 e. The third-order valence-corrected chi connectivity index (χ3v) is 3.92. The Hall–Kier alpha value is -1.94. The van der Waals surface area contributed by atoms with E-state index in [9.17, 15) is 4.79 Å². The van der Waals surface area contributed by atoms with Gasteiger partial charge in [0.1, 0.15) is 5.65 Å². The Balaban J connectivity index is 2.35. The molecule has 0 saturated heterocycles. The molecule has 21 heavy (non-hydrogen) atoms. The van der Waals surface area contributed by atoms with Crippen molar-refractivity contribution in [2.45, 2.75) is 18.7 Å². The van der Waals surface area contributed by atoms with Gasteiger partial charge in [0.05, 0.1) is 5.69 Å². The van der Waals surface area contributed by atoms with Gasteiger partial charge in [-0.15, -0.1) is 0 Å². The van der Waals surface area contributed by atoms with Crippen LogP contribution in [0, 0.1) is 6.92 Å². The van der Waals surface area contributed by atoms with Gasteiger partial charge in [-0.2, -0.15) is 0 Å². The lowest BCUT2D eigenvalue weighted by Crippen LogP contribution is -2.16. The number of aromatic nitrogens is 2. The van der Waals surface area contributed by atoms with Crippen LogP contribution in [0.3, 0.4) is 0 Å². The first-order valence-electron chi connectivity index (χ1n) is 6.80. The summed E-state index contributed by atoms with van der Waals surface area (Å²) in [6.45, 7) is 4.02. The first kappa shape index (κ1) is 14.0. The number of aryl methyl sites for hydroxylation is 1. The Morgan fingerprint density at radius 1 is 1.19 bits per heavy atom. The van der Waals surface area contributed by atoms with Gasteiger partial charge in [-0.25, -0.2) is 4.98 Å². The first-order valence-corrected chi connectivity index (χ1v) is 7.71. The van der Waals surface area contributed by atoms with E-state index in [-0.39, 0.29) is 10.4 Å². The van der Waals surface area contributed by atoms with Gasteiger partial charge in [-0.1, -0.05) is 46.3 Å². The second-order valence-corrected chi connectivity index (χ2v) is 6.50. The molecular weight excluding hydrogens is 328 g/mol. The minimum atomic E-state index is -0.0584. The molecule has 0 saturated carbocycles. The molecule has 3 aromatic rings. The molecule has 0 aliphatic heterocycles. The summed E-state index contributed by atoms with van der Waals surface area (Å²) >= 11 is 3.59. The van der Waals surface area contributed by atoms with Crippen molar-refractivity contribution in [3.8, 4) is 11.3 Å². The first-order chi connectivity index (χ1) is 10.1. The molecule has 2 aromatic heterocycles. The van der Waals surface area contributed by atoms with Crippen molar-refractivity contribution in [1.82, 2.24) is 9.38 Å². The van der Waals surface area contributed by atoms with Gasteiger partial charge in [0.15, 0.2) is 0 Å². The van der Waals surface area contributed by atoms with Gasteiger partial charge in [0, 0.05) is 28.2 Å². The number of halogens is 1. The van der Waals surface area contributed by atoms with Crippen LogP contribution in [0.15, 0.2) is 53.5 Å². The monoisotopic (exact) mass is 342 g/mol. The normalized spacial score (nSPS) is 12.5. The Morgan fingerprint density at radius 3 is 2.57 bits per heavy atom. The fourth-order valence-electron chi connectivity index (χ4n) is 2.42. The molecule has 0 aliphatic rings. The van der Waals surface area contributed by atoms with Crippen LogP contribution in [0.2, 0.25) is 0 Å². The fourth-order valence-corrected chi connectivity index (χ4v) is 2.76. The van der Waals surface area contributed by atoms with Crippen LogP contribution >= 0.6 is 15.9 Å². The topological polar surface area (TPSA) is 34.4 Å². The zero-order valence-electron chi connectivity index (χ0n) is 11.9. The number of nitrogens with zero attached hydrogens (tertiary/aromatic N) is 2. The summed E-state index contributed by atoms with van der Waals surface area (Å²) in [4.78, 5) is 17.2. The minimum Gasteiger partial charge on any atom is -0.269 e. The number of benzene rings is 1. The zero-order chi connectivity index (χ0) is 15.0. The van der Waals surface area contributed by atoms with Gasteiger partial charge in [0.25, 0.3) is 5.56 Å². The van der Waals surface area contributed by atoms with E-state index in [4.69, 9.17) is 4.98 Å². The van der Waals surface area contributed by atoms with Crippen molar-refractivity contribution >= 4 is 21.6 Å². The average Bonchev–Trinajstić information content (AvgIpc) is 2.48. The molecule has 0 fully saturated rings. The maximum absolute atomic E-state index is 12.4. The summed E-state index contributed by atoms with van der Waals surface area (Å²) in [5, 5.41) is 0. The average molecular weight is 343 g/mol. The highest BCUT2D eigenvalue weighted by Gasteiger charge is 2.12. The van der Waals surface area contributed by atoms with Crippen molar-refractivity contribution in [2.24, 2.45) is 0 Å². The van der Waals surface area contributed by atoms with Crippen molar-refractivity contribution in [2.75, 3.05) is 0 Å². The summed E-state index contributed by atoms with van der Waals surface area (Å²) in [6.07, 6.45) is 1.83. The van der Waals surface area contributed by atoms with E-state index in [0.717, 1.165) is 16.7 Å². The van der Waals surface area contributed by atoms with Crippen molar-refractivity contribution in [3.05, 3.63) is 70.1 Å². The fraction of sp³-hybridized carbons (Fsp3) is 0.176. The second-order valence-electron chi connectivity index (χ2n) is 5.13. The van der Waals surface area contributed by atoms with Gasteiger partial charge in [0.2, 0.25) is 0 Å². The summed E-state index contributed by atoms with van der Waals surface area (Å²) < 4.78 is 1.62. The van der Waals surface area contributed by atoms with Crippen molar-refractivity contribution in [1.29, 1.82) is 0 Å². The summed E-state index contributed by atoms with van der Waals surface area (Å²) in [7, 11) is 0. The van der Waals surface area contributed by atoms with Gasteiger partial charge in [-0.3, -0.25) is 9.20 Å². The van der Waals surface area contributed by atoms with Crippen LogP contribution in [-0.4, -0.2) is 9.38 Å². The standard InChI is InChI=1S/C17H15BrN2O/c1-11-8-14(12(2)18)17-19-15(9-16(21)20(17)10-11)13-6-4-3-5-7-13/h3-10,12H,1-2H3. The third-order valence-electron chi connectivity index (χ3n) is 3.42. The SMILES string of the molecule is Cc1cc(C(C)Br)c2nc(-c3ccccc3)cc(=O)n2c1. The largest absolute Gasteiger partial charge is 0.269 e. The van der Waals surface area contributed by atoms with Crippen LogP contribution in [0.4, 0.5) is 0 Å². The van der Waals surface area contributed by atoms with E-state index in [0.29, 0.717) is 11.3 Å². The van der Waals surface area contributed by atoms with Crippen LogP contribution in [0.25, 0.3) is 16.9 Å². The lowest BCUT2D eigenvalue weighted by molar-refractivity contribution is 0.990. The number of fused-ring (bicyclic) bond motifs is 1. The zero-order valence-corrected chi connectivity index (χ0v) is 13.5. The maximum Gasteiger partial charge on any atom is 0.258 e. The molecule has 3 nitrogen and oxygen atoms in total. The number of alkyl halides is 1. The molecule has 1 aromatic carbocycles. The van der Waals surface area contributed by atoms with Gasteiger partial charge >= 0.3 is 0 Å². The quantitative estimate of drug-likeness (QED) is 0.656. The molecule has 0 bridgehead atoms. The third kappa shape index (κ3) is 2.63. The lowest BCUT2D eigenvalue weighted by atomic mass is 10.1. The number of hydrogen-bond acceptors (Lipinski definition) is 2. The van der Waals surface area contributed by atoms with Crippen molar-refractivity contribution in [3.63, 3.8) is 0 Å². The minimum absolute atomic E-state index is 0.0584. The number of hydrogen-bond donors (Lipinski definition) is 0. The van der Waals surface area contributed by atoms with Crippen LogP contribution in [0.5, 0.6) is 0 Å².